The van der Waals surface area contributed by atoms with E-state index in [0.29, 0.717) is 6.04 Å². The summed E-state index contributed by atoms with van der Waals surface area (Å²) in [5, 5.41) is 3.61. The van der Waals surface area contributed by atoms with E-state index in [4.69, 9.17) is 0 Å². The molecular formula is C16H27NS. The molecule has 2 heteroatoms. The van der Waals surface area contributed by atoms with Crippen molar-refractivity contribution in [3.63, 3.8) is 0 Å². The fourth-order valence-corrected chi connectivity index (χ4v) is 3.40. The average molecular weight is 265 g/mol. The van der Waals surface area contributed by atoms with E-state index < -0.39 is 0 Å². The molecule has 2 atom stereocenters. The van der Waals surface area contributed by atoms with Crippen LogP contribution in [-0.2, 0) is 5.75 Å². The fraction of sp³-hybridized carbons (Fsp3) is 0.625. The highest BCUT2D eigenvalue weighted by atomic mass is 32.2. The molecule has 0 radical (unpaired) electrons. The van der Waals surface area contributed by atoms with Gasteiger partial charge >= 0.3 is 0 Å². The first-order valence-electron chi connectivity index (χ1n) is 7.04. The molecule has 0 heterocycles. The zero-order valence-corrected chi connectivity index (χ0v) is 13.0. The second-order valence-corrected chi connectivity index (χ2v) is 6.02. The molecule has 1 aromatic carbocycles. The van der Waals surface area contributed by atoms with Crippen LogP contribution >= 0.6 is 11.8 Å². The number of thioether (sulfide) groups is 1. The van der Waals surface area contributed by atoms with Crippen LogP contribution in [0.25, 0.3) is 0 Å². The summed E-state index contributed by atoms with van der Waals surface area (Å²) in [6, 6.07) is 9.35. The van der Waals surface area contributed by atoms with Crippen molar-refractivity contribution in [2.24, 2.45) is 5.92 Å². The van der Waals surface area contributed by atoms with E-state index in [1.807, 2.05) is 11.8 Å². The van der Waals surface area contributed by atoms with E-state index in [1.165, 1.54) is 23.3 Å². The van der Waals surface area contributed by atoms with Crippen molar-refractivity contribution in [1.29, 1.82) is 0 Å². The summed E-state index contributed by atoms with van der Waals surface area (Å²) in [6.45, 7) is 10.1. The Hall–Kier alpha value is -0.470. The minimum absolute atomic E-state index is 0.647. The van der Waals surface area contributed by atoms with Gasteiger partial charge in [0.15, 0.2) is 0 Å². The van der Waals surface area contributed by atoms with E-state index in [0.717, 1.165) is 18.2 Å². The monoisotopic (exact) mass is 265 g/mol. The minimum Gasteiger partial charge on any atom is -0.313 e. The number of hydrogen-bond donors (Lipinski definition) is 1. The minimum atomic E-state index is 0.647. The van der Waals surface area contributed by atoms with Crippen LogP contribution in [0.5, 0.6) is 0 Å². The molecule has 0 saturated heterocycles. The van der Waals surface area contributed by atoms with Crippen molar-refractivity contribution in [3.8, 4) is 0 Å². The first kappa shape index (κ1) is 15.6. The molecule has 0 spiro atoms. The molecule has 0 saturated carbocycles. The molecule has 0 aromatic heterocycles. The van der Waals surface area contributed by atoms with Crippen molar-refractivity contribution in [2.45, 2.75) is 45.9 Å². The second kappa shape index (κ2) is 8.60. The molecular weight excluding hydrogens is 238 g/mol. The van der Waals surface area contributed by atoms with Crippen LogP contribution in [0.2, 0.25) is 0 Å². The number of benzene rings is 1. The van der Waals surface area contributed by atoms with Crippen molar-refractivity contribution >= 4 is 11.8 Å². The lowest BCUT2D eigenvalue weighted by Gasteiger charge is -2.23. The Bertz CT molecular complexity index is 338. The maximum Gasteiger partial charge on any atom is 0.0187 e. The molecule has 1 nitrogen and oxygen atoms in total. The largest absolute Gasteiger partial charge is 0.313 e. The predicted molar refractivity (Wildman–Crippen MR) is 84.3 cm³/mol. The molecule has 0 bridgehead atoms. The highest BCUT2D eigenvalue weighted by molar-refractivity contribution is 7.98. The van der Waals surface area contributed by atoms with Crippen molar-refractivity contribution in [2.75, 3.05) is 12.3 Å². The first-order chi connectivity index (χ1) is 8.69. The Morgan fingerprint density at radius 1 is 1.22 bits per heavy atom. The lowest BCUT2D eigenvalue weighted by molar-refractivity contribution is 0.404. The summed E-state index contributed by atoms with van der Waals surface area (Å²) in [5.41, 5.74) is 2.88. The first-order valence-corrected chi connectivity index (χ1v) is 8.20. The van der Waals surface area contributed by atoms with Gasteiger partial charge in [-0.05, 0) is 30.5 Å². The van der Waals surface area contributed by atoms with Crippen LogP contribution in [0, 0.1) is 12.8 Å². The topological polar surface area (TPSA) is 12.0 Å². The fourth-order valence-electron chi connectivity index (χ4n) is 2.04. The van der Waals surface area contributed by atoms with E-state index >= 15 is 0 Å². The summed E-state index contributed by atoms with van der Waals surface area (Å²) in [5.74, 6) is 3.09. The highest BCUT2D eigenvalue weighted by Crippen LogP contribution is 2.19. The van der Waals surface area contributed by atoms with Gasteiger partial charge in [0.2, 0.25) is 0 Å². The average Bonchev–Trinajstić information content (AvgIpc) is 2.39. The molecule has 0 aliphatic heterocycles. The number of hydrogen-bond acceptors (Lipinski definition) is 2. The summed E-state index contributed by atoms with van der Waals surface area (Å²) < 4.78 is 0. The third kappa shape index (κ3) is 5.03. The normalized spacial score (nSPS) is 14.4. The number of nitrogens with one attached hydrogen (secondary N) is 1. The Balaban J connectivity index is 2.41. The van der Waals surface area contributed by atoms with Crippen LogP contribution in [-0.4, -0.2) is 18.3 Å². The Morgan fingerprint density at radius 2 is 1.94 bits per heavy atom. The summed E-state index contributed by atoms with van der Waals surface area (Å²) >= 11 is 2.05. The zero-order valence-electron chi connectivity index (χ0n) is 12.2. The van der Waals surface area contributed by atoms with Gasteiger partial charge in [0.05, 0.1) is 0 Å². The summed E-state index contributed by atoms with van der Waals surface area (Å²) in [7, 11) is 0. The zero-order chi connectivity index (χ0) is 13.4. The smallest absolute Gasteiger partial charge is 0.0187 e. The van der Waals surface area contributed by atoms with Gasteiger partial charge < -0.3 is 5.32 Å². The van der Waals surface area contributed by atoms with Gasteiger partial charge in [-0.2, -0.15) is 11.8 Å². The van der Waals surface area contributed by atoms with Crippen LogP contribution in [0.3, 0.4) is 0 Å². The Kier molecular flexibility index (Phi) is 7.45. The Labute approximate surface area is 117 Å². The highest BCUT2D eigenvalue weighted by Gasteiger charge is 2.14. The molecule has 0 amide bonds. The molecule has 18 heavy (non-hydrogen) atoms. The Morgan fingerprint density at radius 3 is 2.56 bits per heavy atom. The van der Waals surface area contributed by atoms with Crippen molar-refractivity contribution < 1.29 is 0 Å². The third-order valence-corrected chi connectivity index (χ3v) is 4.72. The van der Waals surface area contributed by atoms with Gasteiger partial charge in [-0.3, -0.25) is 0 Å². The quantitative estimate of drug-likeness (QED) is 0.754. The summed E-state index contributed by atoms with van der Waals surface area (Å²) in [6.07, 6.45) is 1.25. The van der Waals surface area contributed by atoms with Gasteiger partial charge in [-0.25, -0.2) is 0 Å². The van der Waals surface area contributed by atoms with Gasteiger partial charge in [0, 0.05) is 17.5 Å². The van der Waals surface area contributed by atoms with Gasteiger partial charge in [-0.1, -0.05) is 51.5 Å². The van der Waals surface area contributed by atoms with Crippen LogP contribution < -0.4 is 5.32 Å². The van der Waals surface area contributed by atoms with Crippen LogP contribution in [0.15, 0.2) is 24.3 Å². The van der Waals surface area contributed by atoms with Crippen molar-refractivity contribution in [3.05, 3.63) is 35.4 Å². The molecule has 102 valence electrons. The molecule has 0 fully saturated rings. The molecule has 1 rings (SSSR count). The van der Waals surface area contributed by atoms with Crippen LogP contribution in [0.4, 0.5) is 0 Å². The molecule has 1 N–H and O–H groups in total. The van der Waals surface area contributed by atoms with Crippen molar-refractivity contribution in [1.82, 2.24) is 5.32 Å². The standard InChI is InChI=1S/C16H27NS/c1-5-13(3)16(17-6-2)12-18-11-15-10-8-7-9-14(15)4/h7-10,13,16-17H,5-6,11-12H2,1-4H3. The number of aryl methyl sites for hydroxylation is 1. The lowest BCUT2D eigenvalue weighted by atomic mass is 10.0. The molecule has 2 unspecified atom stereocenters. The molecule has 1 aromatic rings. The van der Waals surface area contributed by atoms with E-state index in [2.05, 4.69) is 57.3 Å². The van der Waals surface area contributed by atoms with E-state index in [9.17, 15) is 0 Å². The van der Waals surface area contributed by atoms with Gasteiger partial charge in [0.25, 0.3) is 0 Å². The maximum absolute atomic E-state index is 3.61. The third-order valence-electron chi connectivity index (χ3n) is 3.61. The molecule has 0 aliphatic carbocycles. The van der Waals surface area contributed by atoms with E-state index in [1.54, 1.807) is 0 Å². The van der Waals surface area contributed by atoms with Crippen LogP contribution in [0.1, 0.15) is 38.3 Å². The summed E-state index contributed by atoms with van der Waals surface area (Å²) in [4.78, 5) is 0. The number of rotatable bonds is 8. The lowest BCUT2D eigenvalue weighted by Crippen LogP contribution is -2.36. The second-order valence-electron chi connectivity index (χ2n) is 4.99. The molecule has 0 aliphatic rings. The maximum atomic E-state index is 3.61. The van der Waals surface area contributed by atoms with Gasteiger partial charge in [-0.15, -0.1) is 0 Å². The van der Waals surface area contributed by atoms with Gasteiger partial charge in [0.1, 0.15) is 0 Å². The predicted octanol–water partition coefficient (Wildman–Crippen LogP) is 4.25. The van der Waals surface area contributed by atoms with E-state index in [-0.39, 0.29) is 0 Å². The SMILES string of the molecule is CCNC(CSCc1ccccc1C)C(C)CC.